The molecule has 8 nitrogen and oxygen atoms in total. The molecule has 0 aliphatic carbocycles. The van der Waals surface area contributed by atoms with Crippen LogP contribution in [0.4, 0.5) is 0 Å². The van der Waals surface area contributed by atoms with Crippen molar-refractivity contribution >= 4 is 11.9 Å². The Morgan fingerprint density at radius 3 is 2.56 bits per heavy atom. The van der Waals surface area contributed by atoms with E-state index in [4.69, 9.17) is 23.7 Å². The van der Waals surface area contributed by atoms with Gasteiger partial charge in [-0.05, 0) is 44.2 Å². The van der Waals surface area contributed by atoms with Gasteiger partial charge in [-0.15, -0.1) is 0 Å². The first-order valence-corrected chi connectivity index (χ1v) is 8.42. The van der Waals surface area contributed by atoms with Gasteiger partial charge in [0.05, 0.1) is 13.2 Å². The predicted molar refractivity (Wildman–Crippen MR) is 96.3 cm³/mol. The number of hydrogen-bond donors (Lipinski definition) is 2. The summed E-state index contributed by atoms with van der Waals surface area (Å²) in [5, 5.41) is 11.6. The third kappa shape index (κ3) is 5.75. The number of hydrogen-bond acceptors (Lipinski definition) is 6. The lowest BCUT2D eigenvalue weighted by molar-refractivity contribution is -0.139. The first kappa shape index (κ1) is 20.3. The van der Waals surface area contributed by atoms with Crippen molar-refractivity contribution in [1.82, 2.24) is 5.32 Å². The van der Waals surface area contributed by atoms with Gasteiger partial charge >= 0.3 is 5.97 Å². The molecule has 0 bridgehead atoms. The topological polar surface area (TPSA) is 107 Å². The van der Waals surface area contributed by atoms with Crippen LogP contribution in [0, 0.1) is 6.92 Å². The van der Waals surface area contributed by atoms with E-state index in [-0.39, 0.29) is 18.3 Å². The Morgan fingerprint density at radius 2 is 1.96 bits per heavy atom. The van der Waals surface area contributed by atoms with Gasteiger partial charge in [-0.25, -0.2) is 4.79 Å². The average Bonchev–Trinajstić information content (AvgIpc) is 3.06. The number of aryl methyl sites for hydroxylation is 1. The zero-order valence-corrected chi connectivity index (χ0v) is 15.5. The van der Waals surface area contributed by atoms with Crippen molar-refractivity contribution in [2.75, 3.05) is 26.9 Å². The Bertz CT molecular complexity index is 784. The van der Waals surface area contributed by atoms with Gasteiger partial charge in [-0.3, -0.25) is 4.79 Å². The van der Waals surface area contributed by atoms with Crippen LogP contribution in [0.3, 0.4) is 0 Å². The van der Waals surface area contributed by atoms with Crippen molar-refractivity contribution in [3.05, 3.63) is 47.4 Å². The van der Waals surface area contributed by atoms with E-state index in [0.717, 1.165) is 5.76 Å². The number of furan rings is 1. The quantitative estimate of drug-likeness (QED) is 0.655. The minimum absolute atomic E-state index is 0.247. The number of carboxylic acid groups (broad SMARTS) is 1. The maximum atomic E-state index is 12.6. The molecule has 1 heterocycles. The van der Waals surface area contributed by atoms with Gasteiger partial charge in [0.1, 0.15) is 17.6 Å². The molecule has 1 aromatic heterocycles. The van der Waals surface area contributed by atoms with E-state index in [2.05, 4.69) is 5.32 Å². The largest absolute Gasteiger partial charge is 0.490 e. The third-order valence-corrected chi connectivity index (χ3v) is 3.60. The molecule has 2 aromatic rings. The van der Waals surface area contributed by atoms with E-state index >= 15 is 0 Å². The smallest absolute Gasteiger partial charge is 0.341 e. The lowest BCUT2D eigenvalue weighted by atomic mass is 10.1. The monoisotopic (exact) mass is 377 g/mol. The highest BCUT2D eigenvalue weighted by Crippen LogP contribution is 2.29. The second kappa shape index (κ2) is 9.63. The van der Waals surface area contributed by atoms with Crippen molar-refractivity contribution < 1.29 is 33.3 Å². The normalized spacial score (nSPS) is 11.7. The molecule has 1 aromatic carbocycles. The second-order valence-electron chi connectivity index (χ2n) is 5.71. The number of aliphatic carboxylic acids is 1. The summed E-state index contributed by atoms with van der Waals surface area (Å²) < 4.78 is 21.4. The molecule has 8 heteroatoms. The van der Waals surface area contributed by atoms with E-state index in [0.29, 0.717) is 23.7 Å². The molecule has 2 N–H and O–H groups in total. The summed E-state index contributed by atoms with van der Waals surface area (Å²) in [5.74, 6) is 0.426. The zero-order valence-electron chi connectivity index (χ0n) is 15.5. The predicted octanol–water partition coefficient (Wildman–Crippen LogP) is 2.57. The van der Waals surface area contributed by atoms with Crippen LogP contribution in [0.2, 0.25) is 0 Å². The Kier molecular flexibility index (Phi) is 7.25. The van der Waals surface area contributed by atoms with Crippen molar-refractivity contribution in [2.45, 2.75) is 19.9 Å². The highest BCUT2D eigenvalue weighted by Gasteiger charge is 2.20. The number of methoxy groups -OCH3 is 1. The van der Waals surface area contributed by atoms with Gasteiger partial charge < -0.3 is 29.1 Å². The number of nitrogens with one attached hydrogen (secondary N) is 1. The van der Waals surface area contributed by atoms with Crippen molar-refractivity contribution in [3.8, 4) is 11.5 Å². The number of benzene rings is 1. The molecule has 0 aliphatic rings. The maximum Gasteiger partial charge on any atom is 0.341 e. The lowest BCUT2D eigenvalue weighted by Gasteiger charge is -2.17. The van der Waals surface area contributed by atoms with Gasteiger partial charge in [-0.2, -0.15) is 0 Å². The van der Waals surface area contributed by atoms with Crippen molar-refractivity contribution in [2.24, 2.45) is 0 Å². The number of carboxylic acids is 1. The maximum absolute atomic E-state index is 12.6. The van der Waals surface area contributed by atoms with E-state index in [1.54, 1.807) is 13.0 Å². The van der Waals surface area contributed by atoms with Gasteiger partial charge in [0.25, 0.3) is 5.91 Å². The summed E-state index contributed by atoms with van der Waals surface area (Å²) in [7, 11) is 1.54. The van der Waals surface area contributed by atoms with Crippen molar-refractivity contribution in [1.29, 1.82) is 0 Å². The summed E-state index contributed by atoms with van der Waals surface area (Å²) in [6.45, 7) is 3.68. The Morgan fingerprint density at radius 1 is 1.19 bits per heavy atom. The standard InChI is InChI=1S/C19H23NO7/c1-4-25-17-9-13(6-8-16(17)26-11-18(21)22)19(23)20-14(10-24-3)15-7-5-12(2)27-15/h5-9,14H,4,10-11H2,1-3H3,(H,20,23)(H,21,22). The van der Waals surface area contributed by atoms with Gasteiger partial charge in [-0.1, -0.05) is 0 Å². The molecule has 1 unspecified atom stereocenters. The van der Waals surface area contributed by atoms with Gasteiger partial charge in [0.15, 0.2) is 18.1 Å². The molecule has 146 valence electrons. The molecule has 0 aliphatic heterocycles. The molecule has 0 saturated heterocycles. The van der Waals surface area contributed by atoms with Crippen LogP contribution in [0.25, 0.3) is 0 Å². The third-order valence-electron chi connectivity index (χ3n) is 3.60. The molecule has 1 amide bonds. The number of ether oxygens (including phenoxy) is 3. The number of rotatable bonds is 10. The highest BCUT2D eigenvalue weighted by molar-refractivity contribution is 5.95. The van der Waals surface area contributed by atoms with E-state index in [1.807, 2.05) is 13.0 Å². The summed E-state index contributed by atoms with van der Waals surface area (Å²) in [6, 6.07) is 7.69. The SMILES string of the molecule is CCOc1cc(C(=O)NC(COC)c2ccc(C)o2)ccc1OCC(=O)O. The lowest BCUT2D eigenvalue weighted by Crippen LogP contribution is -2.31. The van der Waals surface area contributed by atoms with E-state index < -0.39 is 18.6 Å². The van der Waals surface area contributed by atoms with Crippen LogP contribution in [0.1, 0.15) is 34.8 Å². The highest BCUT2D eigenvalue weighted by atomic mass is 16.5. The molecule has 0 saturated carbocycles. The fraction of sp³-hybridized carbons (Fsp3) is 0.368. The van der Waals surface area contributed by atoms with Crippen LogP contribution in [-0.2, 0) is 9.53 Å². The molecule has 0 spiro atoms. The summed E-state index contributed by atoms with van der Waals surface area (Å²) in [6.07, 6.45) is 0. The van der Waals surface area contributed by atoms with Crippen LogP contribution < -0.4 is 14.8 Å². The summed E-state index contributed by atoms with van der Waals surface area (Å²) in [5.41, 5.74) is 0.338. The van der Waals surface area contributed by atoms with Crippen LogP contribution >= 0.6 is 0 Å². The van der Waals surface area contributed by atoms with Crippen LogP contribution in [-0.4, -0.2) is 43.9 Å². The van der Waals surface area contributed by atoms with E-state index in [9.17, 15) is 9.59 Å². The molecule has 2 rings (SSSR count). The Balaban J connectivity index is 2.18. The molecule has 1 atom stereocenters. The Labute approximate surface area is 157 Å². The summed E-state index contributed by atoms with van der Waals surface area (Å²) >= 11 is 0. The fourth-order valence-corrected chi connectivity index (χ4v) is 2.42. The zero-order chi connectivity index (χ0) is 19.8. The van der Waals surface area contributed by atoms with Crippen LogP contribution in [0.15, 0.2) is 34.7 Å². The molecular formula is C19H23NO7. The second-order valence-corrected chi connectivity index (χ2v) is 5.71. The Hall–Kier alpha value is -3.00. The molecule has 0 radical (unpaired) electrons. The number of amides is 1. The summed E-state index contributed by atoms with van der Waals surface area (Å²) in [4.78, 5) is 23.3. The molecular weight excluding hydrogens is 354 g/mol. The molecule has 27 heavy (non-hydrogen) atoms. The van der Waals surface area contributed by atoms with Crippen LogP contribution in [0.5, 0.6) is 11.5 Å². The minimum atomic E-state index is -1.10. The number of carbonyl (C=O) groups excluding carboxylic acids is 1. The average molecular weight is 377 g/mol. The van der Waals surface area contributed by atoms with Crippen molar-refractivity contribution in [3.63, 3.8) is 0 Å². The van der Waals surface area contributed by atoms with Gasteiger partial charge in [0, 0.05) is 12.7 Å². The van der Waals surface area contributed by atoms with E-state index in [1.165, 1.54) is 25.3 Å². The number of carbonyl (C=O) groups is 2. The first-order valence-electron chi connectivity index (χ1n) is 8.42. The first-order chi connectivity index (χ1) is 12.9. The van der Waals surface area contributed by atoms with Gasteiger partial charge in [0.2, 0.25) is 0 Å². The fourth-order valence-electron chi connectivity index (χ4n) is 2.42. The minimum Gasteiger partial charge on any atom is -0.490 e. The molecule has 0 fully saturated rings.